The summed E-state index contributed by atoms with van der Waals surface area (Å²) in [6.07, 6.45) is 2.94. The van der Waals surface area contributed by atoms with Crippen molar-refractivity contribution in [2.75, 3.05) is 6.54 Å². The molecule has 1 amide bonds. The van der Waals surface area contributed by atoms with E-state index < -0.39 is 11.4 Å². The molecule has 0 spiro atoms. The Balaban J connectivity index is 2.17. The first-order chi connectivity index (χ1) is 8.78. The van der Waals surface area contributed by atoms with Crippen LogP contribution < -0.4 is 5.76 Å². The summed E-state index contributed by atoms with van der Waals surface area (Å²) in [5.74, 6) is 0.113. The fourth-order valence-electron chi connectivity index (χ4n) is 2.20. The van der Waals surface area contributed by atoms with E-state index in [9.17, 15) is 9.59 Å². The van der Waals surface area contributed by atoms with Crippen molar-refractivity contribution in [3.63, 3.8) is 0 Å². The van der Waals surface area contributed by atoms with E-state index >= 15 is 0 Å². The van der Waals surface area contributed by atoms with Crippen molar-refractivity contribution in [2.45, 2.75) is 45.3 Å². The number of nitrogens with zero attached hydrogens (tertiary/aromatic N) is 2. The molecule has 106 valence electrons. The number of aryl methyl sites for hydroxylation is 1. The number of likely N-dealkylation sites (tertiary alicyclic amines) is 1. The number of hydrogen-bond acceptors (Lipinski definition) is 4. The molecule has 0 bridgehead atoms. The number of aromatic nitrogens is 1. The first kappa shape index (κ1) is 13.7. The average Bonchev–Trinajstić information content (AvgIpc) is 2.83. The topological polar surface area (TPSA) is 64.7 Å². The molecule has 0 N–H and O–H groups in total. The van der Waals surface area contributed by atoms with Gasteiger partial charge in [0.15, 0.2) is 0 Å². The van der Waals surface area contributed by atoms with Gasteiger partial charge >= 0.3 is 11.8 Å². The molecule has 1 aliphatic heterocycles. The van der Waals surface area contributed by atoms with E-state index in [-0.39, 0.29) is 12.1 Å². The van der Waals surface area contributed by atoms with Crippen LogP contribution in [0.5, 0.6) is 0 Å². The molecular weight excluding hydrogens is 248 g/mol. The van der Waals surface area contributed by atoms with Gasteiger partial charge in [-0.15, -0.1) is 0 Å². The second-order valence-electron chi connectivity index (χ2n) is 5.84. The Morgan fingerprint density at radius 3 is 2.68 bits per heavy atom. The van der Waals surface area contributed by atoms with Gasteiger partial charge in [-0.1, -0.05) is 0 Å². The Hall–Kier alpha value is -1.72. The van der Waals surface area contributed by atoms with Crippen LogP contribution in [-0.2, 0) is 11.8 Å². The predicted molar refractivity (Wildman–Crippen MR) is 68.9 cm³/mol. The Labute approximate surface area is 111 Å². The van der Waals surface area contributed by atoms with Crippen LogP contribution >= 0.6 is 0 Å². The lowest BCUT2D eigenvalue weighted by atomic mass is 10.2. The molecule has 0 aromatic carbocycles. The molecule has 1 aromatic rings. The van der Waals surface area contributed by atoms with Gasteiger partial charge in [0, 0.05) is 13.6 Å². The number of rotatable bonds is 1. The van der Waals surface area contributed by atoms with Gasteiger partial charge in [-0.05, 0) is 33.6 Å². The molecule has 1 unspecified atom stereocenters. The number of amides is 1. The summed E-state index contributed by atoms with van der Waals surface area (Å²) < 4.78 is 11.9. The number of oxazole rings is 1. The van der Waals surface area contributed by atoms with Gasteiger partial charge in [0.2, 0.25) is 0 Å². The van der Waals surface area contributed by atoms with Gasteiger partial charge in [-0.25, -0.2) is 9.59 Å². The van der Waals surface area contributed by atoms with E-state index in [0.29, 0.717) is 12.3 Å². The number of hydrogen-bond donors (Lipinski definition) is 0. The second kappa shape index (κ2) is 4.75. The van der Waals surface area contributed by atoms with Gasteiger partial charge in [0.25, 0.3) is 0 Å². The van der Waals surface area contributed by atoms with Crippen molar-refractivity contribution in [2.24, 2.45) is 7.05 Å². The average molecular weight is 268 g/mol. The first-order valence-corrected chi connectivity index (χ1v) is 6.44. The summed E-state index contributed by atoms with van der Waals surface area (Å²) in [4.78, 5) is 25.1. The third kappa shape index (κ3) is 3.00. The van der Waals surface area contributed by atoms with Crippen LogP contribution in [0.4, 0.5) is 4.79 Å². The summed E-state index contributed by atoms with van der Waals surface area (Å²) in [5.41, 5.74) is -0.526. The van der Waals surface area contributed by atoms with Crippen LogP contribution in [0.2, 0.25) is 0 Å². The van der Waals surface area contributed by atoms with Crippen molar-refractivity contribution >= 4 is 6.09 Å². The Morgan fingerprint density at radius 1 is 1.47 bits per heavy atom. The van der Waals surface area contributed by atoms with Crippen LogP contribution in [0.15, 0.2) is 15.4 Å². The summed E-state index contributed by atoms with van der Waals surface area (Å²) in [7, 11) is 1.63. The summed E-state index contributed by atoms with van der Waals surface area (Å²) in [5, 5.41) is 0. The van der Waals surface area contributed by atoms with Crippen LogP contribution in [0, 0.1) is 0 Å². The molecule has 1 atom stereocenters. The number of ether oxygens (including phenoxy) is 1. The molecule has 6 heteroatoms. The number of carbonyl (C=O) groups is 1. The molecule has 19 heavy (non-hydrogen) atoms. The maximum Gasteiger partial charge on any atom is 0.418 e. The summed E-state index contributed by atoms with van der Waals surface area (Å²) >= 11 is 0. The van der Waals surface area contributed by atoms with E-state index in [4.69, 9.17) is 9.15 Å². The van der Waals surface area contributed by atoms with Gasteiger partial charge in [-0.3, -0.25) is 9.47 Å². The van der Waals surface area contributed by atoms with Gasteiger partial charge in [0.05, 0.1) is 12.2 Å². The Kier molecular flexibility index (Phi) is 3.43. The highest BCUT2D eigenvalue weighted by molar-refractivity contribution is 5.69. The molecular formula is C13H20N2O4. The molecule has 2 heterocycles. The van der Waals surface area contributed by atoms with Crippen molar-refractivity contribution in [1.29, 1.82) is 0 Å². The summed E-state index contributed by atoms with van der Waals surface area (Å²) in [6.45, 7) is 6.12. The second-order valence-corrected chi connectivity index (χ2v) is 5.84. The fourth-order valence-corrected chi connectivity index (χ4v) is 2.20. The van der Waals surface area contributed by atoms with Crippen LogP contribution in [0.1, 0.15) is 45.4 Å². The summed E-state index contributed by atoms with van der Waals surface area (Å²) in [6, 6.07) is -0.205. The van der Waals surface area contributed by atoms with E-state index in [1.807, 2.05) is 20.8 Å². The highest BCUT2D eigenvalue weighted by atomic mass is 16.6. The molecule has 0 radical (unpaired) electrons. The quantitative estimate of drug-likeness (QED) is 0.782. The number of carbonyl (C=O) groups excluding carboxylic acids is 1. The van der Waals surface area contributed by atoms with Crippen molar-refractivity contribution in [1.82, 2.24) is 9.47 Å². The maximum absolute atomic E-state index is 12.1. The largest absolute Gasteiger partial charge is 0.444 e. The monoisotopic (exact) mass is 268 g/mol. The van der Waals surface area contributed by atoms with Gasteiger partial charge < -0.3 is 9.15 Å². The Bertz CT molecular complexity index is 523. The first-order valence-electron chi connectivity index (χ1n) is 6.44. The molecule has 1 aromatic heterocycles. The molecule has 2 rings (SSSR count). The van der Waals surface area contributed by atoms with E-state index in [1.54, 1.807) is 18.1 Å². The van der Waals surface area contributed by atoms with Crippen LogP contribution in [-0.4, -0.2) is 27.7 Å². The van der Waals surface area contributed by atoms with Crippen molar-refractivity contribution < 1.29 is 13.9 Å². The SMILES string of the molecule is Cn1cc(C2CCCN2C(=O)OC(C)(C)C)oc1=O. The zero-order valence-corrected chi connectivity index (χ0v) is 11.8. The standard InChI is InChI=1S/C13H20N2O4/c1-13(2,3)19-12(17)15-7-5-6-9(15)10-8-14(4)11(16)18-10/h8-9H,5-7H2,1-4H3. The van der Waals surface area contributed by atoms with Crippen LogP contribution in [0.25, 0.3) is 0 Å². The highest BCUT2D eigenvalue weighted by Gasteiger charge is 2.35. The van der Waals surface area contributed by atoms with E-state index in [1.165, 1.54) is 4.57 Å². The Morgan fingerprint density at radius 2 is 2.16 bits per heavy atom. The zero-order valence-electron chi connectivity index (χ0n) is 11.8. The van der Waals surface area contributed by atoms with Gasteiger partial charge in [0.1, 0.15) is 11.4 Å². The van der Waals surface area contributed by atoms with Crippen molar-refractivity contribution in [3.8, 4) is 0 Å². The molecule has 0 saturated carbocycles. The van der Waals surface area contributed by atoms with Crippen LogP contribution in [0.3, 0.4) is 0 Å². The fraction of sp³-hybridized carbons (Fsp3) is 0.692. The zero-order chi connectivity index (χ0) is 14.2. The third-order valence-electron chi connectivity index (χ3n) is 3.02. The minimum Gasteiger partial charge on any atom is -0.444 e. The lowest BCUT2D eigenvalue weighted by molar-refractivity contribution is 0.0207. The smallest absolute Gasteiger partial charge is 0.418 e. The minimum absolute atomic E-state index is 0.205. The highest BCUT2D eigenvalue weighted by Crippen LogP contribution is 2.32. The van der Waals surface area contributed by atoms with Crippen molar-refractivity contribution in [3.05, 3.63) is 22.5 Å². The molecule has 6 nitrogen and oxygen atoms in total. The lowest BCUT2D eigenvalue weighted by Gasteiger charge is -2.27. The molecule has 1 aliphatic rings. The molecule has 1 saturated heterocycles. The normalized spacial score (nSPS) is 19.8. The lowest BCUT2D eigenvalue weighted by Crippen LogP contribution is -2.36. The third-order valence-corrected chi connectivity index (χ3v) is 3.02. The maximum atomic E-state index is 12.1. The molecule has 1 fully saturated rings. The van der Waals surface area contributed by atoms with E-state index in [0.717, 1.165) is 12.8 Å². The van der Waals surface area contributed by atoms with Gasteiger partial charge in [-0.2, -0.15) is 0 Å². The molecule has 0 aliphatic carbocycles. The minimum atomic E-state index is -0.526. The predicted octanol–water partition coefficient (Wildman–Crippen LogP) is 2.05. The van der Waals surface area contributed by atoms with E-state index in [2.05, 4.69) is 0 Å².